The van der Waals surface area contributed by atoms with Crippen molar-refractivity contribution in [3.05, 3.63) is 35.4 Å². The van der Waals surface area contributed by atoms with Crippen molar-refractivity contribution in [3.63, 3.8) is 0 Å². The first-order valence-corrected chi connectivity index (χ1v) is 7.41. The van der Waals surface area contributed by atoms with Crippen molar-refractivity contribution in [1.29, 1.82) is 5.26 Å². The van der Waals surface area contributed by atoms with Gasteiger partial charge in [-0.25, -0.2) is 0 Å². The summed E-state index contributed by atoms with van der Waals surface area (Å²) in [6.45, 7) is 2.52. The lowest BCUT2D eigenvalue weighted by Gasteiger charge is -2.48. The maximum Gasteiger partial charge on any atom is 0.0905 e. The van der Waals surface area contributed by atoms with Gasteiger partial charge in [0.2, 0.25) is 0 Å². The summed E-state index contributed by atoms with van der Waals surface area (Å²) < 4.78 is 5.55. The van der Waals surface area contributed by atoms with E-state index in [-0.39, 0.29) is 6.10 Å². The van der Waals surface area contributed by atoms with Crippen molar-refractivity contribution in [2.75, 3.05) is 6.61 Å². The first kappa shape index (κ1) is 13.6. The van der Waals surface area contributed by atoms with E-state index in [4.69, 9.17) is 4.74 Å². The van der Waals surface area contributed by atoms with Crippen molar-refractivity contribution in [3.8, 4) is 6.07 Å². The summed E-state index contributed by atoms with van der Waals surface area (Å²) in [5.41, 5.74) is 0.946. The van der Waals surface area contributed by atoms with Crippen LogP contribution in [0.3, 0.4) is 0 Å². The van der Waals surface area contributed by atoms with Crippen LogP contribution in [-0.2, 0) is 17.6 Å². The Bertz CT molecular complexity index is 550. The van der Waals surface area contributed by atoms with Gasteiger partial charge in [0.25, 0.3) is 0 Å². The van der Waals surface area contributed by atoms with E-state index in [2.05, 4.69) is 18.2 Å². The molecule has 0 radical (unpaired) electrons. The fraction of sp³-hybridized carbons (Fsp3) is 0.588. The summed E-state index contributed by atoms with van der Waals surface area (Å²) in [5.74, 6) is 0. The normalized spacial score (nSPS) is 37.0. The van der Waals surface area contributed by atoms with Crippen LogP contribution in [0.25, 0.3) is 0 Å². The smallest absolute Gasteiger partial charge is 0.0905 e. The summed E-state index contributed by atoms with van der Waals surface area (Å²) >= 11 is 0. The van der Waals surface area contributed by atoms with Gasteiger partial charge < -0.3 is 9.84 Å². The lowest BCUT2D eigenvalue weighted by molar-refractivity contribution is -0.150. The zero-order valence-corrected chi connectivity index (χ0v) is 11.9. The number of aryl methyl sites for hydroxylation is 1. The molecule has 1 saturated heterocycles. The molecule has 3 nitrogen and oxygen atoms in total. The number of ether oxygens (including phenoxy) is 1. The van der Waals surface area contributed by atoms with Crippen molar-refractivity contribution in [1.82, 2.24) is 0 Å². The highest BCUT2D eigenvalue weighted by atomic mass is 16.5. The van der Waals surface area contributed by atoms with E-state index in [1.807, 2.05) is 19.1 Å². The Kier molecular flexibility index (Phi) is 3.32. The van der Waals surface area contributed by atoms with E-state index in [0.717, 1.165) is 12.8 Å². The molecule has 0 aromatic heterocycles. The van der Waals surface area contributed by atoms with Gasteiger partial charge >= 0.3 is 0 Å². The Labute approximate surface area is 120 Å². The van der Waals surface area contributed by atoms with Crippen LogP contribution in [-0.4, -0.2) is 23.4 Å². The highest BCUT2D eigenvalue weighted by Crippen LogP contribution is 2.48. The number of hydrogen-bond acceptors (Lipinski definition) is 3. The Hall–Kier alpha value is -1.37. The first-order valence-electron chi connectivity index (χ1n) is 7.41. The topological polar surface area (TPSA) is 53.2 Å². The van der Waals surface area contributed by atoms with E-state index in [1.54, 1.807) is 0 Å². The summed E-state index contributed by atoms with van der Waals surface area (Å²) in [6, 6.07) is 10.8. The predicted molar refractivity (Wildman–Crippen MR) is 76.1 cm³/mol. The number of aliphatic hydroxyl groups is 1. The van der Waals surface area contributed by atoms with E-state index in [1.165, 1.54) is 11.1 Å². The first-order chi connectivity index (χ1) is 9.59. The molecule has 106 valence electrons. The largest absolute Gasteiger partial charge is 0.388 e. The van der Waals surface area contributed by atoms with Crippen LogP contribution in [0.2, 0.25) is 0 Å². The van der Waals surface area contributed by atoms with Crippen LogP contribution in [0.5, 0.6) is 0 Å². The van der Waals surface area contributed by atoms with Crippen LogP contribution in [0, 0.1) is 16.7 Å². The average Bonchev–Trinajstić information content (AvgIpc) is 2.46. The molecule has 3 rings (SSSR count). The second-order valence-corrected chi connectivity index (χ2v) is 6.31. The second kappa shape index (κ2) is 4.87. The predicted octanol–water partition coefficient (Wildman–Crippen LogP) is 2.62. The molecule has 0 bridgehead atoms. The van der Waals surface area contributed by atoms with E-state index >= 15 is 0 Å². The third kappa shape index (κ3) is 2.04. The Morgan fingerprint density at radius 3 is 2.75 bits per heavy atom. The maximum atomic E-state index is 11.1. The molecule has 2 aliphatic rings. The lowest BCUT2D eigenvalue weighted by Crippen LogP contribution is -2.55. The summed E-state index contributed by atoms with van der Waals surface area (Å²) in [7, 11) is 0. The molecule has 0 spiro atoms. The van der Waals surface area contributed by atoms with Crippen LogP contribution >= 0.6 is 0 Å². The second-order valence-electron chi connectivity index (χ2n) is 6.31. The standard InChI is InChI=1S/C17H21NO2/c1-13-10-17(19,8-9-20-13)16(12-18)7-6-14-4-2-3-5-15(14)11-16/h2-5,13,19H,6-11H2,1H3. The van der Waals surface area contributed by atoms with Gasteiger partial charge in [-0.15, -0.1) is 0 Å². The van der Waals surface area contributed by atoms with Gasteiger partial charge in [-0.1, -0.05) is 24.3 Å². The molecular formula is C17H21NO2. The lowest BCUT2D eigenvalue weighted by atomic mass is 9.60. The third-order valence-corrected chi connectivity index (χ3v) is 5.08. The zero-order chi connectivity index (χ0) is 14.2. The van der Waals surface area contributed by atoms with E-state index in [9.17, 15) is 10.4 Å². The monoisotopic (exact) mass is 271 g/mol. The molecule has 20 heavy (non-hydrogen) atoms. The number of hydrogen-bond donors (Lipinski definition) is 1. The quantitative estimate of drug-likeness (QED) is 0.854. The number of benzene rings is 1. The molecule has 1 aromatic rings. The molecule has 1 fully saturated rings. The molecule has 3 unspecified atom stereocenters. The van der Waals surface area contributed by atoms with Gasteiger partial charge in [0.1, 0.15) is 0 Å². The van der Waals surface area contributed by atoms with Crippen LogP contribution < -0.4 is 0 Å². The van der Waals surface area contributed by atoms with Gasteiger partial charge in [0, 0.05) is 19.4 Å². The molecule has 3 atom stereocenters. The minimum Gasteiger partial charge on any atom is -0.388 e. The molecule has 1 aliphatic carbocycles. The fourth-order valence-corrected chi connectivity index (χ4v) is 3.83. The number of fused-ring (bicyclic) bond motifs is 1. The molecule has 0 amide bonds. The average molecular weight is 271 g/mol. The third-order valence-electron chi connectivity index (χ3n) is 5.08. The van der Waals surface area contributed by atoms with Crippen molar-refractivity contribution >= 4 is 0 Å². The Morgan fingerprint density at radius 2 is 2.05 bits per heavy atom. The summed E-state index contributed by atoms with van der Waals surface area (Å²) in [4.78, 5) is 0. The molecule has 3 heteroatoms. The molecule has 1 heterocycles. The molecule has 1 N–H and O–H groups in total. The SMILES string of the molecule is CC1CC(O)(C2(C#N)CCc3ccccc3C2)CCO1. The molecule has 1 aromatic carbocycles. The summed E-state index contributed by atoms with van der Waals surface area (Å²) in [6.07, 6.45) is 3.42. The van der Waals surface area contributed by atoms with Gasteiger partial charge in [-0.05, 0) is 37.3 Å². The Morgan fingerprint density at radius 1 is 1.30 bits per heavy atom. The number of rotatable bonds is 1. The Balaban J connectivity index is 1.96. The van der Waals surface area contributed by atoms with Crippen molar-refractivity contribution in [2.45, 2.75) is 50.7 Å². The van der Waals surface area contributed by atoms with Gasteiger partial charge in [0.15, 0.2) is 0 Å². The minimum absolute atomic E-state index is 0.0242. The van der Waals surface area contributed by atoms with Crippen LogP contribution in [0.4, 0.5) is 0 Å². The van der Waals surface area contributed by atoms with Gasteiger partial charge in [0.05, 0.1) is 23.2 Å². The van der Waals surface area contributed by atoms with Gasteiger partial charge in [-0.3, -0.25) is 0 Å². The van der Waals surface area contributed by atoms with Crippen LogP contribution in [0.1, 0.15) is 37.3 Å². The maximum absolute atomic E-state index is 11.1. The van der Waals surface area contributed by atoms with E-state index in [0.29, 0.717) is 25.9 Å². The number of nitriles is 1. The number of nitrogens with zero attached hydrogens (tertiary/aromatic N) is 1. The van der Waals surface area contributed by atoms with E-state index < -0.39 is 11.0 Å². The highest BCUT2D eigenvalue weighted by Gasteiger charge is 2.53. The van der Waals surface area contributed by atoms with Crippen molar-refractivity contribution in [2.24, 2.45) is 5.41 Å². The van der Waals surface area contributed by atoms with Gasteiger partial charge in [-0.2, -0.15) is 5.26 Å². The summed E-state index contributed by atoms with van der Waals surface area (Å²) in [5, 5.41) is 21.0. The van der Waals surface area contributed by atoms with Crippen LogP contribution in [0.15, 0.2) is 24.3 Å². The molecule has 1 aliphatic heterocycles. The van der Waals surface area contributed by atoms with Crippen molar-refractivity contribution < 1.29 is 9.84 Å². The highest BCUT2D eigenvalue weighted by molar-refractivity contribution is 5.35. The zero-order valence-electron chi connectivity index (χ0n) is 11.9. The fourth-order valence-electron chi connectivity index (χ4n) is 3.83. The minimum atomic E-state index is -0.924. The molecular weight excluding hydrogens is 250 g/mol. The molecule has 0 saturated carbocycles.